The van der Waals surface area contributed by atoms with E-state index in [0.29, 0.717) is 18.7 Å². The Kier molecular flexibility index (Phi) is 4.62. The molecule has 0 aromatic heterocycles. The van der Waals surface area contributed by atoms with Crippen LogP contribution in [0.3, 0.4) is 0 Å². The second-order valence-electron chi connectivity index (χ2n) is 5.79. The van der Waals surface area contributed by atoms with Gasteiger partial charge >= 0.3 is 0 Å². The molecule has 2 heterocycles. The molecule has 0 saturated carbocycles. The zero-order chi connectivity index (χ0) is 13.1. The SMILES string of the molecule is COC[C@H](C)C(=O)N1CCC[C@H]1[C@@H]1CCCN1C. The van der Waals surface area contributed by atoms with Gasteiger partial charge in [-0.25, -0.2) is 0 Å². The molecule has 2 aliphatic heterocycles. The summed E-state index contributed by atoms with van der Waals surface area (Å²) >= 11 is 0. The first-order valence-corrected chi connectivity index (χ1v) is 7.14. The monoisotopic (exact) mass is 254 g/mol. The van der Waals surface area contributed by atoms with E-state index in [0.717, 1.165) is 13.0 Å². The third kappa shape index (κ3) is 2.69. The first-order valence-electron chi connectivity index (χ1n) is 7.14. The summed E-state index contributed by atoms with van der Waals surface area (Å²) in [5.74, 6) is 0.266. The van der Waals surface area contributed by atoms with Crippen LogP contribution < -0.4 is 0 Å². The van der Waals surface area contributed by atoms with E-state index >= 15 is 0 Å². The highest BCUT2D eigenvalue weighted by atomic mass is 16.5. The number of hydrogen-bond acceptors (Lipinski definition) is 3. The molecule has 0 aliphatic carbocycles. The molecule has 2 saturated heterocycles. The average Bonchev–Trinajstić information content (AvgIpc) is 2.96. The van der Waals surface area contributed by atoms with Crippen molar-refractivity contribution in [2.24, 2.45) is 5.92 Å². The van der Waals surface area contributed by atoms with Gasteiger partial charge in [0.1, 0.15) is 0 Å². The van der Waals surface area contributed by atoms with Gasteiger partial charge in [-0.3, -0.25) is 4.79 Å². The summed E-state index contributed by atoms with van der Waals surface area (Å²) in [6.07, 6.45) is 4.83. The molecule has 0 aromatic rings. The molecule has 4 heteroatoms. The first kappa shape index (κ1) is 13.8. The van der Waals surface area contributed by atoms with Gasteiger partial charge in [-0.15, -0.1) is 0 Å². The van der Waals surface area contributed by atoms with Crippen LogP contribution in [0.5, 0.6) is 0 Å². The van der Waals surface area contributed by atoms with Crippen LogP contribution in [0.2, 0.25) is 0 Å². The fourth-order valence-corrected chi connectivity index (χ4v) is 3.49. The van der Waals surface area contributed by atoms with E-state index in [1.54, 1.807) is 7.11 Å². The molecule has 2 rings (SSSR count). The maximum absolute atomic E-state index is 12.4. The highest BCUT2D eigenvalue weighted by molar-refractivity contribution is 5.79. The minimum atomic E-state index is -0.0118. The zero-order valence-corrected chi connectivity index (χ0v) is 11.9. The number of hydrogen-bond donors (Lipinski definition) is 0. The van der Waals surface area contributed by atoms with E-state index < -0.39 is 0 Å². The Bertz CT molecular complexity index is 296. The van der Waals surface area contributed by atoms with Crippen molar-refractivity contribution in [3.05, 3.63) is 0 Å². The number of likely N-dealkylation sites (N-methyl/N-ethyl adjacent to an activating group) is 1. The summed E-state index contributed by atoms with van der Waals surface area (Å²) in [4.78, 5) is 17.0. The summed E-state index contributed by atoms with van der Waals surface area (Å²) in [5.41, 5.74) is 0. The van der Waals surface area contributed by atoms with Crippen molar-refractivity contribution in [3.8, 4) is 0 Å². The lowest BCUT2D eigenvalue weighted by Gasteiger charge is -2.34. The molecule has 0 N–H and O–H groups in total. The van der Waals surface area contributed by atoms with Gasteiger partial charge in [0, 0.05) is 25.7 Å². The van der Waals surface area contributed by atoms with Crippen molar-refractivity contribution in [1.29, 1.82) is 0 Å². The molecule has 0 unspecified atom stereocenters. The van der Waals surface area contributed by atoms with Gasteiger partial charge in [0.25, 0.3) is 0 Å². The molecular formula is C14H26N2O2. The molecule has 0 bridgehead atoms. The summed E-state index contributed by atoms with van der Waals surface area (Å²) in [6, 6.07) is 1.01. The molecule has 0 aromatic carbocycles. The number of likely N-dealkylation sites (tertiary alicyclic amines) is 2. The van der Waals surface area contributed by atoms with Crippen molar-refractivity contribution in [1.82, 2.24) is 9.80 Å². The normalized spacial score (nSPS) is 30.9. The molecule has 2 aliphatic rings. The number of rotatable bonds is 4. The number of carbonyl (C=O) groups is 1. The molecule has 4 nitrogen and oxygen atoms in total. The lowest BCUT2D eigenvalue weighted by Crippen LogP contribution is -2.49. The highest BCUT2D eigenvalue weighted by Gasteiger charge is 2.39. The number of methoxy groups -OCH3 is 1. The smallest absolute Gasteiger partial charge is 0.228 e. The van der Waals surface area contributed by atoms with E-state index in [1.807, 2.05) is 6.92 Å². The summed E-state index contributed by atoms with van der Waals surface area (Å²) < 4.78 is 5.11. The Labute approximate surface area is 110 Å². The van der Waals surface area contributed by atoms with E-state index in [2.05, 4.69) is 16.8 Å². The predicted molar refractivity (Wildman–Crippen MR) is 71.4 cm³/mol. The third-order valence-corrected chi connectivity index (χ3v) is 4.44. The van der Waals surface area contributed by atoms with Gasteiger partial charge in [-0.05, 0) is 39.3 Å². The fraction of sp³-hybridized carbons (Fsp3) is 0.929. The Balaban J connectivity index is 2.00. The van der Waals surface area contributed by atoms with Crippen LogP contribution >= 0.6 is 0 Å². The second kappa shape index (κ2) is 6.02. The molecule has 2 fully saturated rings. The third-order valence-electron chi connectivity index (χ3n) is 4.44. The number of amides is 1. The van der Waals surface area contributed by atoms with E-state index in [1.165, 1.54) is 25.8 Å². The van der Waals surface area contributed by atoms with Crippen LogP contribution in [0.4, 0.5) is 0 Å². The van der Waals surface area contributed by atoms with Gasteiger partial charge in [-0.2, -0.15) is 0 Å². The maximum atomic E-state index is 12.4. The Morgan fingerprint density at radius 2 is 1.94 bits per heavy atom. The number of nitrogens with zero attached hydrogens (tertiary/aromatic N) is 2. The van der Waals surface area contributed by atoms with Crippen LogP contribution in [0.25, 0.3) is 0 Å². The molecular weight excluding hydrogens is 228 g/mol. The summed E-state index contributed by atoms with van der Waals surface area (Å²) in [7, 11) is 3.85. The lowest BCUT2D eigenvalue weighted by atomic mass is 10.0. The Hall–Kier alpha value is -0.610. The predicted octanol–water partition coefficient (Wildman–Crippen LogP) is 1.35. The van der Waals surface area contributed by atoms with Crippen molar-refractivity contribution >= 4 is 5.91 Å². The van der Waals surface area contributed by atoms with Gasteiger partial charge in [0.15, 0.2) is 0 Å². The van der Waals surface area contributed by atoms with Crippen molar-refractivity contribution in [3.63, 3.8) is 0 Å². The maximum Gasteiger partial charge on any atom is 0.228 e. The largest absolute Gasteiger partial charge is 0.384 e. The average molecular weight is 254 g/mol. The number of carbonyl (C=O) groups excluding carboxylic acids is 1. The minimum Gasteiger partial charge on any atom is -0.384 e. The molecule has 3 atom stereocenters. The summed E-state index contributed by atoms with van der Waals surface area (Å²) in [5, 5.41) is 0. The lowest BCUT2D eigenvalue weighted by molar-refractivity contribution is -0.138. The highest BCUT2D eigenvalue weighted by Crippen LogP contribution is 2.29. The number of ether oxygens (including phenoxy) is 1. The van der Waals surface area contributed by atoms with E-state index in [-0.39, 0.29) is 11.8 Å². The standard InChI is InChI=1S/C14H26N2O2/c1-11(10-18-3)14(17)16-9-5-7-13(16)12-6-4-8-15(12)2/h11-13H,4-10H2,1-3H3/t11-,12-,13-/m0/s1. The minimum absolute atomic E-state index is 0.0118. The Morgan fingerprint density at radius 1 is 1.28 bits per heavy atom. The van der Waals surface area contributed by atoms with Crippen LogP contribution in [0.1, 0.15) is 32.6 Å². The molecule has 0 spiro atoms. The molecule has 0 radical (unpaired) electrons. The molecule has 18 heavy (non-hydrogen) atoms. The summed E-state index contributed by atoms with van der Waals surface area (Å²) in [6.45, 7) is 4.61. The zero-order valence-electron chi connectivity index (χ0n) is 11.9. The van der Waals surface area contributed by atoms with Crippen LogP contribution in [-0.4, -0.2) is 61.6 Å². The van der Waals surface area contributed by atoms with E-state index in [4.69, 9.17) is 4.74 Å². The topological polar surface area (TPSA) is 32.8 Å². The van der Waals surface area contributed by atoms with Gasteiger partial charge < -0.3 is 14.5 Å². The van der Waals surface area contributed by atoms with Gasteiger partial charge in [0.2, 0.25) is 5.91 Å². The van der Waals surface area contributed by atoms with Gasteiger partial charge in [0.05, 0.1) is 12.5 Å². The molecule has 1 amide bonds. The first-order chi connectivity index (χ1) is 8.65. The van der Waals surface area contributed by atoms with Crippen LogP contribution in [0.15, 0.2) is 0 Å². The van der Waals surface area contributed by atoms with E-state index in [9.17, 15) is 4.79 Å². The van der Waals surface area contributed by atoms with Crippen molar-refractivity contribution < 1.29 is 9.53 Å². The van der Waals surface area contributed by atoms with Gasteiger partial charge in [-0.1, -0.05) is 6.92 Å². The van der Waals surface area contributed by atoms with Crippen molar-refractivity contribution in [2.45, 2.75) is 44.7 Å². The quantitative estimate of drug-likeness (QED) is 0.759. The van der Waals surface area contributed by atoms with Crippen LogP contribution in [0, 0.1) is 5.92 Å². The molecule has 104 valence electrons. The van der Waals surface area contributed by atoms with Crippen LogP contribution in [-0.2, 0) is 9.53 Å². The fourth-order valence-electron chi connectivity index (χ4n) is 3.49. The second-order valence-corrected chi connectivity index (χ2v) is 5.79. The van der Waals surface area contributed by atoms with Crippen molar-refractivity contribution in [2.75, 3.05) is 33.9 Å². The Morgan fingerprint density at radius 3 is 2.56 bits per heavy atom.